The normalized spacial score (nSPS) is 12.4. The van der Waals surface area contributed by atoms with E-state index in [1.54, 1.807) is 23.4 Å². The summed E-state index contributed by atoms with van der Waals surface area (Å²) in [5.41, 5.74) is 5.40. The fourth-order valence-electron chi connectivity index (χ4n) is 3.29. The number of thioether (sulfide) groups is 1. The molecule has 0 amide bonds. The molecule has 138 valence electrons. The van der Waals surface area contributed by atoms with Crippen LogP contribution >= 0.6 is 11.8 Å². The number of carbonyl (C=O) groups excluding carboxylic acids is 1. The summed E-state index contributed by atoms with van der Waals surface area (Å²) in [5, 5.41) is 5.13. The van der Waals surface area contributed by atoms with Crippen LogP contribution in [0.5, 0.6) is 0 Å². The molecule has 0 fully saturated rings. The maximum absolute atomic E-state index is 12.2. The van der Waals surface area contributed by atoms with Crippen molar-refractivity contribution in [2.45, 2.75) is 30.7 Å². The van der Waals surface area contributed by atoms with Crippen molar-refractivity contribution in [3.8, 4) is 11.4 Å². The topological polar surface area (TPSA) is 69.9 Å². The molecule has 0 aliphatic heterocycles. The van der Waals surface area contributed by atoms with Crippen molar-refractivity contribution in [3.05, 3.63) is 58.9 Å². The summed E-state index contributed by atoms with van der Waals surface area (Å²) < 4.78 is 6.89. The highest BCUT2D eigenvalue weighted by Gasteiger charge is 2.29. The minimum absolute atomic E-state index is 0.337. The molecule has 2 heterocycles. The van der Waals surface area contributed by atoms with Gasteiger partial charge in [0, 0.05) is 24.6 Å². The second kappa shape index (κ2) is 7.52. The minimum atomic E-state index is -0.370. The molecule has 7 heteroatoms. The maximum atomic E-state index is 12.2. The van der Waals surface area contributed by atoms with Crippen LogP contribution in [0.3, 0.4) is 0 Å². The van der Waals surface area contributed by atoms with Crippen molar-refractivity contribution in [1.29, 1.82) is 0 Å². The lowest BCUT2D eigenvalue weighted by Crippen LogP contribution is -2.12. The number of benzene rings is 1. The van der Waals surface area contributed by atoms with Crippen LogP contribution in [0, 0.1) is 0 Å². The fraction of sp³-hybridized carbons (Fsp3) is 0.300. The van der Waals surface area contributed by atoms with E-state index in [-0.39, 0.29) is 5.97 Å². The molecule has 1 aromatic carbocycles. The third-order valence-electron chi connectivity index (χ3n) is 4.54. The first-order valence-electron chi connectivity index (χ1n) is 8.93. The monoisotopic (exact) mass is 380 g/mol. The minimum Gasteiger partial charge on any atom is -0.461 e. The van der Waals surface area contributed by atoms with Gasteiger partial charge in [-0.2, -0.15) is 5.10 Å². The number of ether oxygens (including phenoxy) is 1. The number of carbonyl (C=O) groups is 1. The molecule has 0 atom stereocenters. The lowest BCUT2D eigenvalue weighted by molar-refractivity contribution is 0.0517. The molecule has 2 aromatic heterocycles. The number of hydrogen-bond acceptors (Lipinski definition) is 6. The molecule has 3 aromatic rings. The van der Waals surface area contributed by atoms with E-state index in [1.807, 2.05) is 31.4 Å². The first kappa shape index (κ1) is 17.7. The van der Waals surface area contributed by atoms with Gasteiger partial charge in [-0.1, -0.05) is 42.1 Å². The standard InChI is InChI=1S/C20H20N4O2S/c1-3-26-19(25)17-15-10-9-14-11-21-20(22-16(14)18(15)24(2)23-17)27-12-13-7-5-4-6-8-13/h4-8,11H,3,9-10,12H2,1-2H3. The Balaban J connectivity index is 1.65. The zero-order valence-electron chi connectivity index (χ0n) is 15.3. The molecule has 6 nitrogen and oxygen atoms in total. The van der Waals surface area contributed by atoms with Crippen LogP contribution in [-0.4, -0.2) is 32.3 Å². The molecular weight excluding hydrogens is 360 g/mol. The molecule has 4 rings (SSSR count). The van der Waals surface area contributed by atoms with Crippen LogP contribution in [0.1, 0.15) is 34.1 Å². The lowest BCUT2D eigenvalue weighted by atomic mass is 9.93. The van der Waals surface area contributed by atoms with E-state index in [4.69, 9.17) is 9.72 Å². The second-order valence-electron chi connectivity index (χ2n) is 6.32. The van der Waals surface area contributed by atoms with E-state index in [0.717, 1.165) is 46.3 Å². The van der Waals surface area contributed by atoms with Gasteiger partial charge in [0.1, 0.15) is 0 Å². The summed E-state index contributed by atoms with van der Waals surface area (Å²) in [6, 6.07) is 10.3. The Morgan fingerprint density at radius 2 is 2.07 bits per heavy atom. The van der Waals surface area contributed by atoms with Crippen molar-refractivity contribution in [3.63, 3.8) is 0 Å². The van der Waals surface area contributed by atoms with Gasteiger partial charge in [0.15, 0.2) is 10.9 Å². The van der Waals surface area contributed by atoms with Gasteiger partial charge >= 0.3 is 5.97 Å². The Morgan fingerprint density at radius 3 is 2.85 bits per heavy atom. The van der Waals surface area contributed by atoms with E-state index >= 15 is 0 Å². The highest BCUT2D eigenvalue weighted by molar-refractivity contribution is 7.98. The van der Waals surface area contributed by atoms with Crippen molar-refractivity contribution >= 4 is 17.7 Å². The smallest absolute Gasteiger partial charge is 0.359 e. The Labute approximate surface area is 162 Å². The van der Waals surface area contributed by atoms with Gasteiger partial charge in [0.05, 0.1) is 18.0 Å². The summed E-state index contributed by atoms with van der Waals surface area (Å²) in [6.07, 6.45) is 3.43. The van der Waals surface area contributed by atoms with Gasteiger partial charge in [-0.05, 0) is 30.9 Å². The number of fused-ring (bicyclic) bond motifs is 3. The Hall–Kier alpha value is -2.67. The van der Waals surface area contributed by atoms with Gasteiger partial charge in [0.2, 0.25) is 0 Å². The average molecular weight is 380 g/mol. The Kier molecular flexibility index (Phi) is 4.94. The van der Waals surface area contributed by atoms with Gasteiger partial charge in [-0.25, -0.2) is 14.8 Å². The summed E-state index contributed by atoms with van der Waals surface area (Å²) in [4.78, 5) is 21.5. The van der Waals surface area contributed by atoms with Crippen molar-refractivity contribution < 1.29 is 9.53 Å². The van der Waals surface area contributed by atoms with E-state index in [9.17, 15) is 4.79 Å². The molecular formula is C20H20N4O2S. The van der Waals surface area contributed by atoms with Gasteiger partial charge in [-0.3, -0.25) is 4.68 Å². The summed E-state index contributed by atoms with van der Waals surface area (Å²) in [6.45, 7) is 2.13. The summed E-state index contributed by atoms with van der Waals surface area (Å²) in [5.74, 6) is 0.442. The van der Waals surface area contributed by atoms with Gasteiger partial charge < -0.3 is 4.74 Å². The molecule has 0 N–H and O–H groups in total. The summed E-state index contributed by atoms with van der Waals surface area (Å²) in [7, 11) is 1.84. The second-order valence-corrected chi connectivity index (χ2v) is 7.26. The van der Waals surface area contributed by atoms with Crippen LogP contribution in [0.15, 0.2) is 41.7 Å². The highest BCUT2D eigenvalue weighted by atomic mass is 32.2. The van der Waals surface area contributed by atoms with E-state index < -0.39 is 0 Å². The van der Waals surface area contributed by atoms with E-state index in [0.29, 0.717) is 12.3 Å². The molecule has 27 heavy (non-hydrogen) atoms. The Bertz CT molecular complexity index is 985. The number of aromatic nitrogens is 4. The lowest BCUT2D eigenvalue weighted by Gasteiger charge is -2.17. The van der Waals surface area contributed by atoms with Crippen LogP contribution in [0.25, 0.3) is 11.4 Å². The quantitative estimate of drug-likeness (QED) is 0.384. The third kappa shape index (κ3) is 3.47. The first-order chi connectivity index (χ1) is 13.2. The third-order valence-corrected chi connectivity index (χ3v) is 5.47. The predicted molar refractivity (Wildman–Crippen MR) is 104 cm³/mol. The van der Waals surface area contributed by atoms with Crippen molar-refractivity contribution in [2.24, 2.45) is 7.05 Å². The van der Waals surface area contributed by atoms with E-state index in [1.165, 1.54) is 5.56 Å². The molecule has 0 radical (unpaired) electrons. The van der Waals surface area contributed by atoms with Crippen LogP contribution < -0.4 is 0 Å². The molecule has 0 spiro atoms. The average Bonchev–Trinajstić information content (AvgIpc) is 3.04. The first-order valence-corrected chi connectivity index (χ1v) is 9.92. The number of nitrogens with zero attached hydrogens (tertiary/aromatic N) is 4. The van der Waals surface area contributed by atoms with Crippen LogP contribution in [-0.2, 0) is 30.4 Å². The van der Waals surface area contributed by atoms with Gasteiger partial charge in [0.25, 0.3) is 0 Å². The fourth-order valence-corrected chi connectivity index (χ4v) is 4.07. The molecule has 1 aliphatic rings. The zero-order valence-corrected chi connectivity index (χ0v) is 16.1. The number of aryl methyl sites for hydroxylation is 2. The van der Waals surface area contributed by atoms with Crippen LogP contribution in [0.4, 0.5) is 0 Å². The summed E-state index contributed by atoms with van der Waals surface area (Å²) >= 11 is 1.60. The maximum Gasteiger partial charge on any atom is 0.359 e. The largest absolute Gasteiger partial charge is 0.461 e. The molecule has 0 unspecified atom stereocenters. The number of hydrogen-bond donors (Lipinski definition) is 0. The highest BCUT2D eigenvalue weighted by Crippen LogP contribution is 2.35. The predicted octanol–water partition coefficient (Wildman–Crippen LogP) is 3.44. The SMILES string of the molecule is CCOC(=O)c1nn(C)c2c1CCc1cnc(SCc3ccccc3)nc1-2. The number of rotatable bonds is 5. The molecule has 0 bridgehead atoms. The molecule has 0 saturated heterocycles. The van der Waals surface area contributed by atoms with Crippen molar-refractivity contribution in [2.75, 3.05) is 6.61 Å². The van der Waals surface area contributed by atoms with Crippen LogP contribution in [0.2, 0.25) is 0 Å². The number of esters is 1. The zero-order chi connectivity index (χ0) is 18.8. The van der Waals surface area contributed by atoms with Crippen molar-refractivity contribution in [1.82, 2.24) is 19.7 Å². The van der Waals surface area contributed by atoms with E-state index in [2.05, 4.69) is 22.2 Å². The molecule has 1 aliphatic carbocycles. The Morgan fingerprint density at radius 1 is 1.26 bits per heavy atom. The molecule has 0 saturated carbocycles. The van der Waals surface area contributed by atoms with Gasteiger partial charge in [-0.15, -0.1) is 0 Å².